The normalized spacial score (nSPS) is 29.0. The summed E-state index contributed by atoms with van der Waals surface area (Å²) in [6.07, 6.45) is -4.47. The number of morpholine rings is 1. The second-order valence-electron chi connectivity index (χ2n) is 13.8. The molecule has 3 saturated heterocycles. The number of ether oxygens (including phenoxy) is 3. The summed E-state index contributed by atoms with van der Waals surface area (Å²) in [6.45, 7) is 4.47. The fourth-order valence-corrected chi connectivity index (χ4v) is 8.05. The van der Waals surface area contributed by atoms with Crippen LogP contribution >= 0.6 is 0 Å². The van der Waals surface area contributed by atoms with Crippen LogP contribution in [0.25, 0.3) is 22.2 Å². The molecular weight excluding hydrogens is 663 g/mol. The van der Waals surface area contributed by atoms with E-state index >= 15 is 4.39 Å². The summed E-state index contributed by atoms with van der Waals surface area (Å²) < 4.78 is 122. The van der Waals surface area contributed by atoms with Gasteiger partial charge in [0.2, 0.25) is 5.88 Å². The highest BCUT2D eigenvalue weighted by Crippen LogP contribution is 2.61. The van der Waals surface area contributed by atoms with Gasteiger partial charge in [-0.3, -0.25) is 4.90 Å². The van der Waals surface area contributed by atoms with Gasteiger partial charge in [0.1, 0.15) is 40.9 Å². The number of halogens is 7. The van der Waals surface area contributed by atoms with Crippen molar-refractivity contribution in [3.63, 3.8) is 0 Å². The first-order valence-corrected chi connectivity index (χ1v) is 16.2. The van der Waals surface area contributed by atoms with Gasteiger partial charge in [-0.15, -0.1) is 0 Å². The number of aromatic nitrogens is 3. The van der Waals surface area contributed by atoms with Gasteiger partial charge in [-0.25, -0.2) is 22.5 Å². The average molecular weight is 698 g/mol. The lowest BCUT2D eigenvalue weighted by Crippen LogP contribution is -2.62. The zero-order valence-corrected chi connectivity index (χ0v) is 26.6. The van der Waals surface area contributed by atoms with Gasteiger partial charge >= 0.3 is 12.2 Å². The molecule has 0 radical (unpaired) electrons. The molecule has 3 N–H and O–H groups in total. The number of nitrogen functional groups attached to an aromatic ring is 1. The number of alkyl halides is 5. The van der Waals surface area contributed by atoms with Gasteiger partial charge in [0, 0.05) is 50.2 Å². The largest absolute Gasteiger partial charge is 0.472 e. The lowest BCUT2D eigenvalue weighted by atomic mass is 9.96. The van der Waals surface area contributed by atoms with Gasteiger partial charge in [0.25, 0.3) is 5.92 Å². The van der Waals surface area contributed by atoms with Crippen molar-refractivity contribution in [2.45, 2.75) is 69.4 Å². The van der Waals surface area contributed by atoms with Crippen molar-refractivity contribution in [2.75, 3.05) is 56.6 Å². The molecule has 4 aliphatic heterocycles. The maximum Gasteiger partial charge on any atom is 0.417 e. The lowest BCUT2D eigenvalue weighted by Gasteiger charge is -2.42. The molecule has 2 aromatic heterocycles. The van der Waals surface area contributed by atoms with Crippen molar-refractivity contribution in [3.05, 3.63) is 28.8 Å². The molecule has 5 atom stereocenters. The smallest absolute Gasteiger partial charge is 0.417 e. The van der Waals surface area contributed by atoms with Gasteiger partial charge < -0.3 is 30.2 Å². The van der Waals surface area contributed by atoms with E-state index in [4.69, 9.17) is 19.9 Å². The van der Waals surface area contributed by atoms with Crippen LogP contribution in [0.1, 0.15) is 37.3 Å². The van der Waals surface area contributed by atoms with E-state index in [2.05, 4.69) is 20.3 Å². The van der Waals surface area contributed by atoms with Crippen LogP contribution in [0.5, 0.6) is 11.9 Å². The van der Waals surface area contributed by atoms with E-state index in [0.29, 0.717) is 38.9 Å². The zero-order valence-electron chi connectivity index (χ0n) is 26.6. The lowest BCUT2D eigenvalue weighted by molar-refractivity contribution is -0.137. The van der Waals surface area contributed by atoms with Crippen LogP contribution in [-0.4, -0.2) is 96.0 Å². The van der Waals surface area contributed by atoms with E-state index in [0.717, 1.165) is 19.8 Å². The van der Waals surface area contributed by atoms with E-state index in [1.54, 1.807) is 6.92 Å². The molecule has 1 saturated carbocycles. The predicted octanol–water partition coefficient (Wildman–Crippen LogP) is 4.71. The number of nitrogens with two attached hydrogens (primary N) is 1. The first kappa shape index (κ1) is 32.5. The Kier molecular flexibility index (Phi) is 7.40. The summed E-state index contributed by atoms with van der Waals surface area (Å²) in [5, 5.41) is 3.55. The van der Waals surface area contributed by atoms with Crippen molar-refractivity contribution in [3.8, 4) is 23.1 Å². The molecule has 0 amide bonds. The second kappa shape index (κ2) is 11.2. The Morgan fingerprint density at radius 3 is 2.53 bits per heavy atom. The van der Waals surface area contributed by atoms with Crippen molar-refractivity contribution in [1.29, 1.82) is 0 Å². The number of anilines is 2. The minimum absolute atomic E-state index is 0.00407. The molecule has 1 aliphatic carbocycles. The second-order valence-corrected chi connectivity index (χ2v) is 13.8. The summed E-state index contributed by atoms with van der Waals surface area (Å²) in [6, 6.07) is -0.0623. The number of benzene rings is 1. The highest BCUT2D eigenvalue weighted by Gasteiger charge is 2.72. The number of rotatable bonds is 6. The van der Waals surface area contributed by atoms with Crippen molar-refractivity contribution in [1.82, 2.24) is 25.2 Å². The summed E-state index contributed by atoms with van der Waals surface area (Å²) in [5.41, 5.74) is -0.802. The number of fused-ring (bicyclic) bond motifs is 5. The monoisotopic (exact) mass is 697 g/mol. The van der Waals surface area contributed by atoms with Crippen molar-refractivity contribution < 1.29 is 44.9 Å². The number of pyridine rings is 1. The molecule has 17 heteroatoms. The topological polar surface area (TPSA) is 111 Å². The van der Waals surface area contributed by atoms with Gasteiger partial charge in [-0.1, -0.05) is 0 Å². The van der Waals surface area contributed by atoms with Crippen molar-refractivity contribution in [2.24, 2.45) is 5.41 Å². The fraction of sp³-hybridized carbons (Fsp3) is 0.594. The summed E-state index contributed by atoms with van der Waals surface area (Å²) >= 11 is 0. The minimum Gasteiger partial charge on any atom is -0.472 e. The summed E-state index contributed by atoms with van der Waals surface area (Å²) in [4.78, 5) is 17.0. The molecule has 1 aromatic carbocycles. The van der Waals surface area contributed by atoms with E-state index in [-0.39, 0.29) is 41.8 Å². The molecule has 0 spiro atoms. The van der Waals surface area contributed by atoms with Gasteiger partial charge in [-0.05, 0) is 38.3 Å². The standard InChI is InChI=1S/C32H34F7N7O3/c1-14-21(32(37,38)39)17(9-18(40)22(14)33)24-23(34)25-20-27(46-10-16-3-4-19(41-16)26(46)15(2)49-28(20)42-24)44-29(43-25)48-13-30(11-31(30,35)36)12-45-5-7-47-8-6-45/h9,15-16,19,26,41H,3-8,10-13,40H2,1-2H3/t15-,16+,19-,26+,30+/m0/s1. The fourth-order valence-electron chi connectivity index (χ4n) is 8.05. The number of nitrogens with one attached hydrogen (secondary N) is 1. The third-order valence-corrected chi connectivity index (χ3v) is 10.6. The van der Waals surface area contributed by atoms with Crippen LogP contribution < -0.4 is 25.4 Å². The van der Waals surface area contributed by atoms with Crippen LogP contribution in [0, 0.1) is 24.0 Å². The molecule has 6 heterocycles. The van der Waals surface area contributed by atoms with Crippen molar-refractivity contribution >= 4 is 22.4 Å². The minimum atomic E-state index is -5.11. The summed E-state index contributed by atoms with van der Waals surface area (Å²) in [5.74, 6) is -5.64. The SMILES string of the molecule is Cc1c(F)c(N)cc(-c2nc3c4c(nc(OC[C@]5(CN6CCOCC6)CC5(F)F)nc4c2F)N2C[C@H]4CC[C@H](N4)[C@H]2[C@H](C)O3)c1C(F)(F)F. The Balaban J connectivity index is 1.28. The molecule has 49 heavy (non-hydrogen) atoms. The molecule has 2 bridgehead atoms. The Labute approximate surface area is 276 Å². The van der Waals surface area contributed by atoms with Gasteiger partial charge in [0.15, 0.2) is 5.82 Å². The maximum atomic E-state index is 16.8. The van der Waals surface area contributed by atoms with E-state index in [1.807, 2.05) is 9.80 Å². The Morgan fingerprint density at radius 1 is 1.10 bits per heavy atom. The summed E-state index contributed by atoms with van der Waals surface area (Å²) in [7, 11) is 0. The molecule has 5 aliphatic rings. The van der Waals surface area contributed by atoms with Crippen LogP contribution in [0.2, 0.25) is 0 Å². The number of piperazine rings is 1. The number of hydrogen-bond donors (Lipinski definition) is 2. The van der Waals surface area contributed by atoms with Crippen LogP contribution in [0.3, 0.4) is 0 Å². The Morgan fingerprint density at radius 2 is 1.84 bits per heavy atom. The third-order valence-electron chi connectivity index (χ3n) is 10.6. The molecule has 0 unspecified atom stereocenters. The van der Waals surface area contributed by atoms with E-state index in [1.165, 1.54) is 0 Å². The highest BCUT2D eigenvalue weighted by molar-refractivity contribution is 5.97. The molecule has 3 aromatic rings. The average Bonchev–Trinajstić information content (AvgIpc) is 3.43. The van der Waals surface area contributed by atoms with Crippen LogP contribution in [0.4, 0.5) is 42.2 Å². The predicted molar refractivity (Wildman–Crippen MR) is 163 cm³/mol. The Bertz CT molecular complexity index is 1840. The molecule has 4 fully saturated rings. The zero-order chi connectivity index (χ0) is 34.6. The molecule has 8 rings (SSSR count). The van der Waals surface area contributed by atoms with E-state index < -0.39 is 87.9 Å². The Hall–Kier alpha value is -3.70. The quantitative estimate of drug-likeness (QED) is 0.278. The maximum absolute atomic E-state index is 16.8. The first-order valence-electron chi connectivity index (χ1n) is 16.2. The van der Waals surface area contributed by atoms with E-state index in [9.17, 15) is 26.3 Å². The van der Waals surface area contributed by atoms with Gasteiger partial charge in [0.05, 0.1) is 35.9 Å². The molecule has 264 valence electrons. The number of nitrogens with zero attached hydrogens (tertiary/aromatic N) is 5. The third kappa shape index (κ3) is 5.21. The highest BCUT2D eigenvalue weighted by atomic mass is 19.4. The van der Waals surface area contributed by atoms with Crippen LogP contribution in [-0.2, 0) is 10.9 Å². The number of hydrogen-bond acceptors (Lipinski definition) is 10. The first-order chi connectivity index (χ1) is 23.2. The van der Waals surface area contributed by atoms with Crippen LogP contribution in [0.15, 0.2) is 6.07 Å². The molecular formula is C32H34F7N7O3. The van der Waals surface area contributed by atoms with Gasteiger partial charge in [-0.2, -0.15) is 23.1 Å². The molecule has 10 nitrogen and oxygen atoms in total.